The van der Waals surface area contributed by atoms with Gasteiger partial charge in [0.25, 0.3) is 5.91 Å². The molecule has 6 nitrogen and oxygen atoms in total. The van der Waals surface area contributed by atoms with Crippen LogP contribution in [0, 0.1) is 4.77 Å². The largest absolute Gasteiger partial charge is 0.347 e. The van der Waals surface area contributed by atoms with E-state index in [-0.39, 0.29) is 11.4 Å². The molecule has 9 heteroatoms. The molecule has 0 aromatic carbocycles. The Morgan fingerprint density at radius 3 is 2.70 bits per heavy atom. The maximum Gasteiger partial charge on any atom is 0.275 e. The van der Waals surface area contributed by atoms with E-state index in [9.17, 15) is 4.79 Å². The number of carbonyl (C=O) groups excluding carboxylic acids is 1. The molecule has 0 aliphatic rings. The Bertz CT molecular complexity index is 793. The zero-order chi connectivity index (χ0) is 17.4. The maximum atomic E-state index is 12.0. The van der Waals surface area contributed by atoms with Crippen LogP contribution in [0.3, 0.4) is 0 Å². The van der Waals surface area contributed by atoms with Gasteiger partial charge in [0.2, 0.25) is 4.77 Å². The molecule has 1 amide bonds. The van der Waals surface area contributed by atoms with E-state index in [1.165, 1.54) is 0 Å². The first-order valence-electron chi connectivity index (χ1n) is 7.13. The molecule has 0 saturated carbocycles. The molecule has 2 rings (SSSR count). The second-order valence-corrected chi connectivity index (χ2v) is 7.78. The molecule has 0 aliphatic carbocycles. The van der Waals surface area contributed by atoms with Crippen molar-refractivity contribution >= 4 is 47.0 Å². The molecule has 2 N–H and O–H groups in total. The van der Waals surface area contributed by atoms with E-state index in [0.29, 0.717) is 33.7 Å². The molecule has 2 aromatic heterocycles. The Labute approximate surface area is 150 Å². The van der Waals surface area contributed by atoms with Gasteiger partial charge in [-0.25, -0.2) is 0 Å². The van der Waals surface area contributed by atoms with E-state index >= 15 is 0 Å². The van der Waals surface area contributed by atoms with Crippen LogP contribution in [-0.4, -0.2) is 39.2 Å². The Kier molecular flexibility index (Phi) is 5.35. The number of pyridine rings is 1. The topological polar surface area (TPSA) is 55.8 Å². The minimum atomic E-state index is -0.249. The number of halogens is 2. The van der Waals surface area contributed by atoms with Gasteiger partial charge < -0.3 is 10.2 Å². The minimum Gasteiger partial charge on any atom is -0.347 e. The summed E-state index contributed by atoms with van der Waals surface area (Å²) in [4.78, 5) is 12.9. The Balaban J connectivity index is 2.16. The van der Waals surface area contributed by atoms with Gasteiger partial charge in [-0.1, -0.05) is 23.2 Å². The van der Waals surface area contributed by atoms with Crippen molar-refractivity contribution in [1.82, 2.24) is 19.5 Å². The van der Waals surface area contributed by atoms with Crippen LogP contribution in [0.2, 0.25) is 10.0 Å². The first kappa shape index (κ1) is 18.2. The van der Waals surface area contributed by atoms with Crippen molar-refractivity contribution in [3.8, 4) is 0 Å². The molecule has 0 fully saturated rings. The number of amides is 1. The SMILES string of the molecule is C[NH+](CC(=O)NC(C)(C)C)Cn1nc2c(Cl)cc(Cl)cn2c1=S. The van der Waals surface area contributed by atoms with Crippen molar-refractivity contribution < 1.29 is 9.69 Å². The van der Waals surface area contributed by atoms with Gasteiger partial charge in [0.15, 0.2) is 18.9 Å². The smallest absolute Gasteiger partial charge is 0.275 e. The van der Waals surface area contributed by atoms with Crippen molar-refractivity contribution in [3.05, 3.63) is 27.1 Å². The zero-order valence-corrected chi connectivity index (χ0v) is 15.8. The first-order valence-corrected chi connectivity index (χ1v) is 8.30. The van der Waals surface area contributed by atoms with Crippen LogP contribution in [-0.2, 0) is 11.5 Å². The highest BCUT2D eigenvalue weighted by molar-refractivity contribution is 7.71. The summed E-state index contributed by atoms with van der Waals surface area (Å²) in [5.41, 5.74) is 0.300. The predicted octanol–water partition coefficient (Wildman–Crippen LogP) is 1.56. The normalized spacial score (nSPS) is 13.3. The van der Waals surface area contributed by atoms with Gasteiger partial charge in [0, 0.05) is 11.7 Å². The van der Waals surface area contributed by atoms with E-state index in [4.69, 9.17) is 35.4 Å². The third-order valence-electron chi connectivity index (χ3n) is 3.00. The summed E-state index contributed by atoms with van der Waals surface area (Å²) in [5.74, 6) is -0.0219. The lowest BCUT2D eigenvalue weighted by atomic mass is 10.1. The van der Waals surface area contributed by atoms with Crippen molar-refractivity contribution in [1.29, 1.82) is 0 Å². The highest BCUT2D eigenvalue weighted by Crippen LogP contribution is 2.21. The highest BCUT2D eigenvalue weighted by Gasteiger charge is 2.18. The number of rotatable bonds is 4. The summed E-state index contributed by atoms with van der Waals surface area (Å²) in [7, 11) is 1.91. The monoisotopic (exact) mass is 376 g/mol. The lowest BCUT2D eigenvalue weighted by Crippen LogP contribution is -3.09. The molecule has 0 spiro atoms. The van der Waals surface area contributed by atoms with Crippen LogP contribution in [0.5, 0.6) is 0 Å². The minimum absolute atomic E-state index is 0.0219. The van der Waals surface area contributed by atoms with Crippen LogP contribution >= 0.6 is 35.4 Å². The van der Waals surface area contributed by atoms with Crippen molar-refractivity contribution in [2.24, 2.45) is 0 Å². The zero-order valence-electron chi connectivity index (χ0n) is 13.5. The summed E-state index contributed by atoms with van der Waals surface area (Å²) >= 11 is 17.5. The molecule has 1 unspecified atom stereocenters. The Morgan fingerprint density at radius 1 is 1.43 bits per heavy atom. The first-order chi connectivity index (χ1) is 10.6. The third-order valence-corrected chi connectivity index (χ3v) is 3.89. The van der Waals surface area contributed by atoms with Crippen molar-refractivity contribution in [2.45, 2.75) is 33.0 Å². The van der Waals surface area contributed by atoms with E-state index in [2.05, 4.69) is 10.4 Å². The molecule has 0 bridgehead atoms. The van der Waals surface area contributed by atoms with E-state index < -0.39 is 0 Å². The van der Waals surface area contributed by atoms with Crippen molar-refractivity contribution in [3.63, 3.8) is 0 Å². The Hall–Kier alpha value is -1.15. The van der Waals surface area contributed by atoms with Crippen LogP contribution in [0.25, 0.3) is 5.65 Å². The number of nitrogens with zero attached hydrogens (tertiary/aromatic N) is 3. The fourth-order valence-electron chi connectivity index (χ4n) is 2.20. The summed E-state index contributed by atoms with van der Waals surface area (Å²) < 4.78 is 3.80. The highest BCUT2D eigenvalue weighted by atomic mass is 35.5. The molecule has 0 saturated heterocycles. The van der Waals surface area contributed by atoms with Crippen LogP contribution < -0.4 is 10.2 Å². The van der Waals surface area contributed by atoms with Gasteiger partial charge in [0.05, 0.1) is 17.1 Å². The van der Waals surface area contributed by atoms with Gasteiger partial charge in [-0.3, -0.25) is 9.20 Å². The Morgan fingerprint density at radius 2 is 2.09 bits per heavy atom. The third kappa shape index (κ3) is 4.67. The number of carbonyl (C=O) groups is 1. The van der Waals surface area contributed by atoms with Gasteiger partial charge in [-0.05, 0) is 39.1 Å². The number of likely N-dealkylation sites (N-methyl/N-ethyl adjacent to an activating group) is 1. The number of aromatic nitrogens is 3. The fraction of sp³-hybridized carbons (Fsp3) is 0.500. The number of fused-ring (bicyclic) bond motifs is 1. The summed E-state index contributed by atoms with van der Waals surface area (Å²) in [5, 5.41) is 8.27. The van der Waals surface area contributed by atoms with Gasteiger partial charge in [-0.15, -0.1) is 5.10 Å². The van der Waals surface area contributed by atoms with Gasteiger partial charge >= 0.3 is 0 Å². The summed E-state index contributed by atoms with van der Waals surface area (Å²) in [6.07, 6.45) is 1.68. The standard InChI is InChI=1S/C14H19Cl2N5OS/c1-14(2,3)17-11(22)7-19(4)8-21-13(23)20-6-9(15)5-10(16)12(20)18-21/h5-6H,7-8H2,1-4H3,(H,17,22)/p+1. The lowest BCUT2D eigenvalue weighted by molar-refractivity contribution is -0.895. The van der Waals surface area contributed by atoms with Crippen molar-refractivity contribution in [2.75, 3.05) is 13.6 Å². The molecule has 2 aromatic rings. The predicted molar refractivity (Wildman–Crippen MR) is 93.7 cm³/mol. The molecule has 23 heavy (non-hydrogen) atoms. The summed E-state index contributed by atoms with van der Waals surface area (Å²) in [6, 6.07) is 1.62. The maximum absolute atomic E-state index is 12.0. The molecule has 2 heterocycles. The summed E-state index contributed by atoms with van der Waals surface area (Å²) in [6.45, 7) is 6.62. The van der Waals surface area contributed by atoms with Crippen LogP contribution in [0.4, 0.5) is 0 Å². The number of hydrogen-bond acceptors (Lipinski definition) is 3. The number of quaternary nitrogens is 1. The van der Waals surface area contributed by atoms with Gasteiger partial charge in [-0.2, -0.15) is 4.68 Å². The number of nitrogens with one attached hydrogen (secondary N) is 2. The van der Waals surface area contributed by atoms with Crippen LogP contribution in [0.15, 0.2) is 12.3 Å². The molecule has 1 atom stereocenters. The molecule has 126 valence electrons. The van der Waals surface area contributed by atoms with E-state index in [0.717, 1.165) is 4.90 Å². The van der Waals surface area contributed by atoms with Crippen LogP contribution in [0.1, 0.15) is 20.8 Å². The number of hydrogen-bond donors (Lipinski definition) is 2. The average Bonchev–Trinajstić information content (AvgIpc) is 2.65. The lowest BCUT2D eigenvalue weighted by Gasteiger charge is -2.21. The second-order valence-electron chi connectivity index (χ2n) is 6.57. The fourth-order valence-corrected chi connectivity index (χ4v) is 2.95. The second kappa shape index (κ2) is 6.76. The quantitative estimate of drug-likeness (QED) is 0.796. The van der Waals surface area contributed by atoms with Gasteiger partial charge in [0.1, 0.15) is 0 Å². The molecular weight excluding hydrogens is 357 g/mol. The molecule has 0 radical (unpaired) electrons. The average molecular weight is 377 g/mol. The van der Waals surface area contributed by atoms with E-state index in [1.54, 1.807) is 21.3 Å². The molecular formula is C14H20Cl2N5OS+. The van der Waals surface area contributed by atoms with E-state index in [1.807, 2.05) is 27.8 Å². The molecule has 0 aliphatic heterocycles.